The molecule has 0 atom stereocenters. The van der Waals surface area contributed by atoms with E-state index in [9.17, 15) is 14.9 Å². The van der Waals surface area contributed by atoms with Crippen LogP contribution in [0.5, 0.6) is 17.2 Å². The number of hydrogen-bond donors (Lipinski definition) is 0. The maximum atomic E-state index is 13.8. The number of carbonyl (C=O) groups excluding carboxylic acids is 1. The molecule has 0 unspecified atom stereocenters. The van der Waals surface area contributed by atoms with Gasteiger partial charge in [0, 0.05) is 6.07 Å². The number of amides is 1. The lowest BCUT2D eigenvalue weighted by Crippen LogP contribution is -2.31. The van der Waals surface area contributed by atoms with Crippen LogP contribution in [-0.2, 0) is 6.54 Å². The second-order valence-corrected chi connectivity index (χ2v) is 8.20. The summed E-state index contributed by atoms with van der Waals surface area (Å²) >= 11 is 1.30. The number of benzene rings is 3. The number of anilines is 1. The van der Waals surface area contributed by atoms with E-state index in [1.807, 2.05) is 36.4 Å². The van der Waals surface area contributed by atoms with Crippen LogP contribution in [0.1, 0.15) is 15.9 Å². The van der Waals surface area contributed by atoms with Crippen molar-refractivity contribution in [1.82, 2.24) is 4.98 Å². The van der Waals surface area contributed by atoms with Gasteiger partial charge in [0.05, 0.1) is 49.1 Å². The first-order valence-corrected chi connectivity index (χ1v) is 11.0. The van der Waals surface area contributed by atoms with Gasteiger partial charge < -0.3 is 14.2 Å². The molecular formula is C24H21N3O6S. The van der Waals surface area contributed by atoms with Gasteiger partial charge in [-0.3, -0.25) is 19.8 Å². The summed E-state index contributed by atoms with van der Waals surface area (Å²) < 4.78 is 16.6. The van der Waals surface area contributed by atoms with Crippen molar-refractivity contribution in [2.24, 2.45) is 0 Å². The lowest BCUT2D eigenvalue weighted by molar-refractivity contribution is -0.385. The minimum absolute atomic E-state index is 0.129. The summed E-state index contributed by atoms with van der Waals surface area (Å²) in [4.78, 5) is 31.1. The first-order valence-electron chi connectivity index (χ1n) is 10.2. The van der Waals surface area contributed by atoms with Gasteiger partial charge in [-0.2, -0.15) is 0 Å². The number of aromatic nitrogens is 1. The number of hydrogen-bond acceptors (Lipinski definition) is 8. The van der Waals surface area contributed by atoms with Crippen molar-refractivity contribution in [3.8, 4) is 17.2 Å². The van der Waals surface area contributed by atoms with Crippen molar-refractivity contribution < 1.29 is 23.9 Å². The van der Waals surface area contributed by atoms with Gasteiger partial charge in [0.15, 0.2) is 16.6 Å². The van der Waals surface area contributed by atoms with E-state index < -0.39 is 10.8 Å². The van der Waals surface area contributed by atoms with Gasteiger partial charge in [-0.05, 0) is 23.8 Å². The molecule has 1 amide bonds. The second kappa shape index (κ2) is 9.75. The van der Waals surface area contributed by atoms with Gasteiger partial charge in [-0.1, -0.05) is 41.7 Å². The molecule has 10 heteroatoms. The zero-order valence-corrected chi connectivity index (χ0v) is 19.5. The summed E-state index contributed by atoms with van der Waals surface area (Å²) in [6.45, 7) is 0.169. The molecule has 4 aromatic rings. The summed E-state index contributed by atoms with van der Waals surface area (Å²) in [5.41, 5.74) is 1.02. The van der Waals surface area contributed by atoms with Crippen LogP contribution in [0.15, 0.2) is 60.7 Å². The third kappa shape index (κ3) is 4.48. The van der Waals surface area contributed by atoms with Crippen LogP contribution in [0.25, 0.3) is 10.2 Å². The van der Waals surface area contributed by atoms with Gasteiger partial charge >= 0.3 is 0 Å². The van der Waals surface area contributed by atoms with Crippen molar-refractivity contribution in [2.45, 2.75) is 6.54 Å². The van der Waals surface area contributed by atoms with Gasteiger partial charge in [0.2, 0.25) is 0 Å². The highest BCUT2D eigenvalue weighted by Crippen LogP contribution is 2.38. The number of nitrogens with zero attached hydrogens (tertiary/aromatic N) is 3. The van der Waals surface area contributed by atoms with E-state index in [1.54, 1.807) is 19.2 Å². The number of ether oxygens (including phenoxy) is 3. The molecule has 0 saturated heterocycles. The predicted molar refractivity (Wildman–Crippen MR) is 129 cm³/mol. The van der Waals surface area contributed by atoms with Gasteiger partial charge in [0.1, 0.15) is 11.3 Å². The molecule has 0 radical (unpaired) electrons. The summed E-state index contributed by atoms with van der Waals surface area (Å²) in [6.07, 6.45) is 0. The van der Waals surface area contributed by atoms with Crippen LogP contribution in [0.2, 0.25) is 0 Å². The van der Waals surface area contributed by atoms with Crippen molar-refractivity contribution in [2.75, 3.05) is 26.2 Å². The van der Waals surface area contributed by atoms with E-state index in [1.165, 1.54) is 42.6 Å². The third-order valence-corrected chi connectivity index (χ3v) is 6.21. The molecule has 0 N–H and O–H groups in total. The van der Waals surface area contributed by atoms with Crippen LogP contribution < -0.4 is 19.1 Å². The summed E-state index contributed by atoms with van der Waals surface area (Å²) in [5.74, 6) is 0.458. The second-order valence-electron chi connectivity index (χ2n) is 7.19. The number of thiazole rings is 1. The molecule has 4 rings (SSSR count). The molecule has 3 aromatic carbocycles. The Balaban J connectivity index is 1.86. The lowest BCUT2D eigenvalue weighted by atomic mass is 10.1. The normalized spacial score (nSPS) is 10.7. The van der Waals surface area contributed by atoms with Gasteiger partial charge in [-0.25, -0.2) is 4.98 Å². The number of carbonyl (C=O) groups is 1. The number of nitro groups is 1. The molecule has 0 saturated carbocycles. The highest BCUT2D eigenvalue weighted by Gasteiger charge is 2.30. The zero-order valence-electron chi connectivity index (χ0n) is 18.7. The van der Waals surface area contributed by atoms with Gasteiger partial charge in [-0.15, -0.1) is 0 Å². The van der Waals surface area contributed by atoms with E-state index in [4.69, 9.17) is 14.2 Å². The molecule has 34 heavy (non-hydrogen) atoms. The fourth-order valence-electron chi connectivity index (χ4n) is 3.46. The Morgan fingerprint density at radius 3 is 2.35 bits per heavy atom. The minimum atomic E-state index is -0.612. The summed E-state index contributed by atoms with van der Waals surface area (Å²) in [7, 11) is 4.35. The van der Waals surface area contributed by atoms with Crippen molar-refractivity contribution >= 4 is 38.3 Å². The van der Waals surface area contributed by atoms with E-state index in [0.717, 1.165) is 10.3 Å². The molecule has 174 valence electrons. The number of methoxy groups -OCH3 is 3. The van der Waals surface area contributed by atoms with E-state index in [2.05, 4.69) is 4.98 Å². The highest BCUT2D eigenvalue weighted by atomic mass is 32.1. The Bertz CT molecular complexity index is 1360. The van der Waals surface area contributed by atoms with Crippen LogP contribution in [-0.4, -0.2) is 37.1 Å². The van der Waals surface area contributed by atoms with Crippen LogP contribution in [0.3, 0.4) is 0 Å². The molecular weight excluding hydrogens is 458 g/mol. The third-order valence-electron chi connectivity index (χ3n) is 5.17. The molecule has 0 aliphatic carbocycles. The van der Waals surface area contributed by atoms with Gasteiger partial charge in [0.25, 0.3) is 11.6 Å². The predicted octanol–water partition coefficient (Wildman–Crippen LogP) is 5.08. The lowest BCUT2D eigenvalue weighted by Gasteiger charge is -2.21. The molecule has 0 aliphatic rings. The highest BCUT2D eigenvalue weighted by molar-refractivity contribution is 7.22. The van der Waals surface area contributed by atoms with Crippen LogP contribution in [0, 0.1) is 10.1 Å². The van der Waals surface area contributed by atoms with Crippen LogP contribution >= 0.6 is 11.3 Å². The molecule has 0 fully saturated rings. The number of rotatable bonds is 8. The topological polar surface area (TPSA) is 104 Å². The smallest absolute Gasteiger partial charge is 0.286 e. The van der Waals surface area contributed by atoms with E-state index in [0.29, 0.717) is 16.4 Å². The molecule has 0 bridgehead atoms. The Kier molecular flexibility index (Phi) is 6.60. The quantitative estimate of drug-likeness (QED) is 0.256. The number of nitro benzene ring substituents is 1. The van der Waals surface area contributed by atoms with Crippen molar-refractivity contribution in [1.29, 1.82) is 0 Å². The number of fused-ring (bicyclic) bond motifs is 1. The molecule has 1 heterocycles. The molecule has 0 aliphatic heterocycles. The molecule has 0 spiro atoms. The van der Waals surface area contributed by atoms with Crippen LogP contribution in [0.4, 0.5) is 10.8 Å². The maximum absolute atomic E-state index is 13.8. The first-order chi connectivity index (χ1) is 16.4. The zero-order chi connectivity index (χ0) is 24.2. The largest absolute Gasteiger partial charge is 0.497 e. The van der Waals surface area contributed by atoms with Crippen molar-refractivity contribution in [3.05, 3.63) is 81.9 Å². The molecule has 1 aromatic heterocycles. The minimum Gasteiger partial charge on any atom is -0.497 e. The summed E-state index contributed by atoms with van der Waals surface area (Å²) in [6, 6.07) is 17.3. The average molecular weight is 480 g/mol. The Morgan fingerprint density at radius 1 is 1.00 bits per heavy atom. The molecule has 9 nitrogen and oxygen atoms in total. The average Bonchev–Trinajstić information content (AvgIpc) is 3.29. The fourth-order valence-corrected chi connectivity index (χ4v) is 4.46. The Morgan fingerprint density at radius 2 is 1.71 bits per heavy atom. The monoisotopic (exact) mass is 479 g/mol. The fraction of sp³-hybridized carbons (Fsp3) is 0.167. The first kappa shape index (κ1) is 23.0. The Hall–Kier alpha value is -4.18. The van der Waals surface area contributed by atoms with E-state index >= 15 is 0 Å². The maximum Gasteiger partial charge on any atom is 0.286 e. The summed E-state index contributed by atoms with van der Waals surface area (Å²) in [5, 5.41) is 12.2. The standard InChI is InChI=1S/C24H21N3O6S/c1-31-16-9-10-18-22(11-16)34-24(25-18)26(14-15-7-5-4-6-8-15)23(28)17-12-20(32-2)21(33-3)13-19(17)27(29)30/h4-13H,14H2,1-3H3. The van der Waals surface area contributed by atoms with Crippen molar-refractivity contribution in [3.63, 3.8) is 0 Å². The Labute approximate surface area is 199 Å². The SMILES string of the molecule is COc1ccc2nc(N(Cc3ccccc3)C(=O)c3cc(OC)c(OC)cc3[N+](=O)[O-])sc2c1. The van der Waals surface area contributed by atoms with E-state index in [-0.39, 0.29) is 29.3 Å².